The zero-order chi connectivity index (χ0) is 24.1. The van der Waals surface area contributed by atoms with E-state index in [9.17, 15) is 26.4 Å². The Morgan fingerprint density at radius 1 is 1.09 bits per heavy atom. The Bertz CT molecular complexity index is 1210. The first-order valence-electron chi connectivity index (χ1n) is 9.92. The molecule has 0 spiro atoms. The number of hydrogen-bond donors (Lipinski definition) is 1. The molecule has 5 nitrogen and oxygen atoms in total. The molecule has 0 saturated carbocycles. The average molecular weight is 498 g/mol. The Hall–Kier alpha value is -2.53. The minimum atomic E-state index is -4.50. The highest BCUT2D eigenvalue weighted by Crippen LogP contribution is 2.31. The molecule has 0 fully saturated rings. The number of rotatable bonds is 10. The summed E-state index contributed by atoms with van der Waals surface area (Å²) in [5.74, 6) is -0.326. The van der Waals surface area contributed by atoms with Crippen molar-refractivity contribution in [3.05, 3.63) is 76.0 Å². The van der Waals surface area contributed by atoms with E-state index in [-0.39, 0.29) is 42.2 Å². The lowest BCUT2D eigenvalue weighted by molar-refractivity contribution is -0.137. The zero-order valence-corrected chi connectivity index (χ0v) is 19.3. The maximum atomic E-state index is 13.0. The Kier molecular flexibility index (Phi) is 8.06. The molecule has 0 aliphatic heterocycles. The van der Waals surface area contributed by atoms with E-state index >= 15 is 0 Å². The van der Waals surface area contributed by atoms with Gasteiger partial charge in [0, 0.05) is 26.5 Å². The number of benzene rings is 2. The molecule has 0 unspecified atom stereocenters. The van der Waals surface area contributed by atoms with Gasteiger partial charge in [0.25, 0.3) is 0 Å². The smallest absolute Gasteiger partial charge is 0.383 e. The normalized spacial score (nSPS) is 12.1. The summed E-state index contributed by atoms with van der Waals surface area (Å²) in [5.41, 5.74) is 1.45. The average Bonchev–Trinajstić information content (AvgIpc) is 3.28. The van der Waals surface area contributed by atoms with Crippen LogP contribution in [0.5, 0.6) is 0 Å². The van der Waals surface area contributed by atoms with Crippen molar-refractivity contribution >= 4 is 27.1 Å². The van der Waals surface area contributed by atoms with Crippen LogP contribution in [0.1, 0.15) is 16.7 Å². The minimum absolute atomic E-state index is 0.000508. The Morgan fingerprint density at radius 3 is 2.55 bits per heavy atom. The lowest BCUT2D eigenvalue weighted by Gasteiger charge is -2.13. The van der Waals surface area contributed by atoms with Crippen molar-refractivity contribution in [2.75, 3.05) is 20.3 Å². The van der Waals surface area contributed by atoms with Crippen LogP contribution in [0, 0.1) is 0 Å². The minimum Gasteiger partial charge on any atom is -0.383 e. The van der Waals surface area contributed by atoms with E-state index in [1.807, 2.05) is 16.8 Å². The van der Waals surface area contributed by atoms with E-state index in [2.05, 4.69) is 4.72 Å². The van der Waals surface area contributed by atoms with Crippen LogP contribution in [0.4, 0.5) is 13.2 Å². The fraction of sp³-hybridized carbons (Fsp3) is 0.261. The lowest BCUT2D eigenvalue weighted by Crippen LogP contribution is -2.27. The molecule has 0 saturated heterocycles. The van der Waals surface area contributed by atoms with Gasteiger partial charge >= 0.3 is 6.18 Å². The predicted molar refractivity (Wildman–Crippen MR) is 121 cm³/mol. The summed E-state index contributed by atoms with van der Waals surface area (Å²) in [4.78, 5) is 12.8. The number of alkyl halides is 3. The molecule has 1 aromatic heterocycles. The second-order valence-electron chi connectivity index (χ2n) is 7.31. The number of methoxy groups -OCH3 is 1. The third kappa shape index (κ3) is 6.73. The van der Waals surface area contributed by atoms with Crippen LogP contribution in [-0.2, 0) is 38.6 Å². The van der Waals surface area contributed by atoms with Crippen LogP contribution in [0.15, 0.2) is 64.2 Å². The van der Waals surface area contributed by atoms with Gasteiger partial charge in [-0.3, -0.25) is 4.79 Å². The van der Waals surface area contributed by atoms with E-state index in [1.54, 1.807) is 6.07 Å². The molecular formula is C23H22F3NO4S2. The number of Topliss-reactive ketones (excluding diaryl/α,β-unsaturated/α-hetero) is 1. The number of hydrogen-bond acceptors (Lipinski definition) is 5. The van der Waals surface area contributed by atoms with Gasteiger partial charge in [0.05, 0.1) is 17.1 Å². The van der Waals surface area contributed by atoms with Crippen LogP contribution in [-0.4, -0.2) is 34.5 Å². The number of sulfonamides is 1. The lowest BCUT2D eigenvalue weighted by atomic mass is 9.95. The van der Waals surface area contributed by atoms with Crippen molar-refractivity contribution in [2.24, 2.45) is 0 Å². The Balaban J connectivity index is 1.88. The molecule has 0 bridgehead atoms. The van der Waals surface area contributed by atoms with Crippen molar-refractivity contribution in [1.29, 1.82) is 0 Å². The van der Waals surface area contributed by atoms with E-state index in [4.69, 9.17) is 4.74 Å². The molecule has 3 rings (SSSR count). The number of ether oxygens (including phenoxy) is 1. The molecule has 0 atom stereocenters. The van der Waals surface area contributed by atoms with Crippen molar-refractivity contribution in [1.82, 2.24) is 4.72 Å². The molecule has 33 heavy (non-hydrogen) atoms. The van der Waals surface area contributed by atoms with Gasteiger partial charge in [-0.25, -0.2) is 13.1 Å². The maximum Gasteiger partial charge on any atom is 0.416 e. The predicted octanol–water partition coefficient (Wildman–Crippen LogP) is 4.71. The number of carbonyl (C=O) groups excluding carboxylic acids is 1. The standard InChI is InChI=1S/C23H22F3NO4S2/c1-31-9-8-27-33(29,30)21-5-6-22(17-7-10-32-15-17)18(14-21)13-20(28)12-16-3-2-4-19(11-16)23(24,25)26/h2-7,10-11,14-15,27H,8-9,12-13H2,1H3. The summed E-state index contributed by atoms with van der Waals surface area (Å²) in [7, 11) is -2.36. The largest absolute Gasteiger partial charge is 0.416 e. The van der Waals surface area contributed by atoms with Gasteiger partial charge in [-0.1, -0.05) is 24.3 Å². The SMILES string of the molecule is COCCNS(=O)(=O)c1ccc(-c2ccsc2)c(CC(=O)Cc2cccc(C(F)(F)F)c2)c1. The van der Waals surface area contributed by atoms with Gasteiger partial charge in [0.15, 0.2) is 0 Å². The van der Waals surface area contributed by atoms with E-state index in [1.165, 1.54) is 42.7 Å². The molecule has 0 radical (unpaired) electrons. The molecule has 176 valence electrons. The summed E-state index contributed by atoms with van der Waals surface area (Å²) >= 11 is 1.46. The molecule has 10 heteroatoms. The highest BCUT2D eigenvalue weighted by Gasteiger charge is 2.30. The van der Waals surface area contributed by atoms with Crippen molar-refractivity contribution in [3.63, 3.8) is 0 Å². The van der Waals surface area contributed by atoms with Crippen molar-refractivity contribution < 1.29 is 31.1 Å². The molecule has 3 aromatic rings. The number of ketones is 1. The maximum absolute atomic E-state index is 13.0. The quantitative estimate of drug-likeness (QED) is 0.412. The monoisotopic (exact) mass is 497 g/mol. The molecule has 0 amide bonds. The first kappa shape index (κ1) is 25.1. The fourth-order valence-electron chi connectivity index (χ4n) is 3.30. The summed E-state index contributed by atoms with van der Waals surface area (Å²) in [6.45, 7) is 0.295. The third-order valence-electron chi connectivity index (χ3n) is 4.86. The topological polar surface area (TPSA) is 72.5 Å². The van der Waals surface area contributed by atoms with Gasteiger partial charge < -0.3 is 4.74 Å². The van der Waals surface area contributed by atoms with Crippen molar-refractivity contribution in [2.45, 2.75) is 23.9 Å². The molecule has 0 aliphatic carbocycles. The Labute approximate surface area is 194 Å². The zero-order valence-electron chi connectivity index (χ0n) is 17.7. The van der Waals surface area contributed by atoms with Gasteiger partial charge in [0.2, 0.25) is 10.0 Å². The molecular weight excluding hydrogens is 475 g/mol. The third-order valence-corrected chi connectivity index (χ3v) is 7.00. The number of nitrogens with one attached hydrogen (secondary N) is 1. The summed E-state index contributed by atoms with van der Waals surface area (Å²) in [5, 5.41) is 3.74. The second-order valence-corrected chi connectivity index (χ2v) is 9.86. The van der Waals surface area contributed by atoms with Crippen LogP contribution in [0.3, 0.4) is 0 Å². The van der Waals surface area contributed by atoms with Crippen molar-refractivity contribution in [3.8, 4) is 11.1 Å². The highest BCUT2D eigenvalue weighted by molar-refractivity contribution is 7.89. The molecule has 0 aliphatic rings. The van der Waals surface area contributed by atoms with E-state index in [0.717, 1.165) is 17.7 Å². The summed E-state index contributed by atoms with van der Waals surface area (Å²) in [6.07, 6.45) is -4.82. The number of thiophene rings is 1. The second kappa shape index (κ2) is 10.6. The number of halogens is 3. The molecule has 1 N–H and O–H groups in total. The van der Waals surface area contributed by atoms with E-state index in [0.29, 0.717) is 11.1 Å². The first-order chi connectivity index (χ1) is 15.6. The summed E-state index contributed by atoms with van der Waals surface area (Å²) in [6, 6.07) is 11.0. The highest BCUT2D eigenvalue weighted by atomic mass is 32.2. The van der Waals surface area contributed by atoms with Crippen LogP contribution < -0.4 is 4.72 Å². The van der Waals surface area contributed by atoms with Gasteiger partial charge in [-0.05, 0) is 57.3 Å². The Morgan fingerprint density at radius 2 is 1.88 bits per heavy atom. The van der Waals surface area contributed by atoms with Crippen LogP contribution in [0.2, 0.25) is 0 Å². The number of carbonyl (C=O) groups is 1. The van der Waals surface area contributed by atoms with Gasteiger partial charge in [-0.15, -0.1) is 0 Å². The molecule has 2 aromatic carbocycles. The van der Waals surface area contributed by atoms with Gasteiger partial charge in [-0.2, -0.15) is 24.5 Å². The van der Waals surface area contributed by atoms with Crippen LogP contribution in [0.25, 0.3) is 11.1 Å². The van der Waals surface area contributed by atoms with E-state index < -0.39 is 21.8 Å². The van der Waals surface area contributed by atoms with Crippen LogP contribution >= 0.6 is 11.3 Å². The first-order valence-corrected chi connectivity index (χ1v) is 12.3. The summed E-state index contributed by atoms with van der Waals surface area (Å²) < 4.78 is 71.4. The van der Waals surface area contributed by atoms with Gasteiger partial charge in [0.1, 0.15) is 5.78 Å². The fourth-order valence-corrected chi connectivity index (χ4v) is 5.02. The molecule has 1 heterocycles.